The van der Waals surface area contributed by atoms with Gasteiger partial charge in [-0.3, -0.25) is 0 Å². The maximum atomic E-state index is 8.92. The molecular weight excluding hydrogens is 248 g/mol. The minimum absolute atomic E-state index is 0.271. The number of hydrogen-bond acceptors (Lipinski definition) is 3. The number of aliphatic hydroxyl groups is 1. The number of hydrogen-bond donors (Lipinski definition) is 2. The summed E-state index contributed by atoms with van der Waals surface area (Å²) >= 11 is 0. The first-order chi connectivity index (χ1) is 9.81. The SMILES string of the molecule is CCN1CCCC(Nc2cccc(CCCO)c2)CC1. The molecule has 2 N–H and O–H groups in total. The van der Waals surface area contributed by atoms with Gasteiger partial charge in [-0.1, -0.05) is 19.1 Å². The van der Waals surface area contributed by atoms with Gasteiger partial charge in [0, 0.05) is 24.9 Å². The molecule has 1 heterocycles. The van der Waals surface area contributed by atoms with Gasteiger partial charge in [0.1, 0.15) is 0 Å². The standard InChI is InChI=1S/C17H28N2O/c1-2-19-11-4-9-16(10-12-19)18-17-8-3-6-15(14-17)7-5-13-20/h3,6,8,14,16,18,20H,2,4-5,7,9-13H2,1H3. The van der Waals surface area contributed by atoms with Crippen molar-refractivity contribution in [2.24, 2.45) is 0 Å². The van der Waals surface area contributed by atoms with E-state index in [0.717, 1.165) is 12.8 Å². The summed E-state index contributed by atoms with van der Waals surface area (Å²) in [5.74, 6) is 0. The van der Waals surface area contributed by atoms with Crippen LogP contribution < -0.4 is 5.32 Å². The Hall–Kier alpha value is -1.06. The summed E-state index contributed by atoms with van der Waals surface area (Å²) in [6.45, 7) is 6.14. The molecule has 0 spiro atoms. The molecule has 1 aromatic carbocycles. The highest BCUT2D eigenvalue weighted by atomic mass is 16.2. The summed E-state index contributed by atoms with van der Waals surface area (Å²) in [6, 6.07) is 9.25. The second-order valence-corrected chi connectivity index (χ2v) is 5.73. The summed E-state index contributed by atoms with van der Waals surface area (Å²) in [5.41, 5.74) is 2.54. The van der Waals surface area contributed by atoms with Gasteiger partial charge in [-0.15, -0.1) is 0 Å². The third-order valence-electron chi connectivity index (χ3n) is 4.19. The van der Waals surface area contributed by atoms with Crippen LogP contribution in [0.15, 0.2) is 24.3 Å². The summed E-state index contributed by atoms with van der Waals surface area (Å²) < 4.78 is 0. The number of benzene rings is 1. The maximum absolute atomic E-state index is 8.92. The number of nitrogens with one attached hydrogen (secondary N) is 1. The van der Waals surface area contributed by atoms with Crippen LogP contribution in [0.5, 0.6) is 0 Å². The van der Waals surface area contributed by atoms with Crippen LogP contribution in [0.4, 0.5) is 5.69 Å². The third-order valence-corrected chi connectivity index (χ3v) is 4.19. The lowest BCUT2D eigenvalue weighted by atomic mass is 10.1. The summed E-state index contributed by atoms with van der Waals surface area (Å²) in [7, 11) is 0. The monoisotopic (exact) mass is 276 g/mol. The van der Waals surface area contributed by atoms with Gasteiger partial charge < -0.3 is 15.3 Å². The van der Waals surface area contributed by atoms with Crippen molar-refractivity contribution in [1.29, 1.82) is 0 Å². The first kappa shape index (κ1) is 15.3. The highest BCUT2D eigenvalue weighted by molar-refractivity contribution is 5.46. The van der Waals surface area contributed by atoms with E-state index in [4.69, 9.17) is 5.11 Å². The van der Waals surface area contributed by atoms with E-state index in [0.29, 0.717) is 6.04 Å². The van der Waals surface area contributed by atoms with Crippen molar-refractivity contribution < 1.29 is 5.11 Å². The number of rotatable bonds is 6. The average Bonchev–Trinajstić information content (AvgIpc) is 2.71. The van der Waals surface area contributed by atoms with E-state index in [9.17, 15) is 0 Å². The van der Waals surface area contributed by atoms with Gasteiger partial charge in [0.2, 0.25) is 0 Å². The summed E-state index contributed by atoms with van der Waals surface area (Å²) in [6.07, 6.45) is 5.58. The molecule has 112 valence electrons. The van der Waals surface area contributed by atoms with E-state index in [1.54, 1.807) is 0 Å². The molecule has 1 fully saturated rings. The van der Waals surface area contributed by atoms with E-state index in [1.807, 2.05) is 0 Å². The number of aliphatic hydroxyl groups excluding tert-OH is 1. The molecule has 3 heteroatoms. The normalized spacial score (nSPS) is 20.6. The first-order valence-electron chi connectivity index (χ1n) is 8.00. The van der Waals surface area contributed by atoms with Crippen molar-refractivity contribution >= 4 is 5.69 Å². The quantitative estimate of drug-likeness (QED) is 0.838. The maximum Gasteiger partial charge on any atom is 0.0434 e. The Labute approximate surface area is 123 Å². The fourth-order valence-electron chi connectivity index (χ4n) is 2.95. The molecule has 1 aliphatic heterocycles. The molecular formula is C17H28N2O. The van der Waals surface area contributed by atoms with Crippen LogP contribution in [0.2, 0.25) is 0 Å². The number of anilines is 1. The lowest BCUT2D eigenvalue weighted by Gasteiger charge is -2.19. The van der Waals surface area contributed by atoms with Crippen LogP contribution in [0.3, 0.4) is 0 Å². The van der Waals surface area contributed by atoms with Gasteiger partial charge in [-0.2, -0.15) is 0 Å². The molecule has 0 aromatic heterocycles. The molecule has 1 aromatic rings. The highest BCUT2D eigenvalue weighted by Crippen LogP contribution is 2.18. The Kier molecular flexibility index (Phi) is 6.34. The molecule has 0 radical (unpaired) electrons. The van der Waals surface area contributed by atoms with Crippen LogP contribution in [0.25, 0.3) is 0 Å². The fourth-order valence-corrected chi connectivity index (χ4v) is 2.95. The molecule has 0 saturated carbocycles. The Morgan fingerprint density at radius 1 is 1.30 bits per heavy atom. The zero-order chi connectivity index (χ0) is 14.2. The molecule has 2 rings (SSSR count). The van der Waals surface area contributed by atoms with Crippen molar-refractivity contribution in [3.63, 3.8) is 0 Å². The summed E-state index contributed by atoms with van der Waals surface area (Å²) in [5, 5.41) is 12.6. The summed E-state index contributed by atoms with van der Waals surface area (Å²) in [4.78, 5) is 2.54. The number of nitrogens with zero attached hydrogens (tertiary/aromatic N) is 1. The van der Waals surface area contributed by atoms with E-state index < -0.39 is 0 Å². The van der Waals surface area contributed by atoms with Gasteiger partial charge in [0.25, 0.3) is 0 Å². The largest absolute Gasteiger partial charge is 0.396 e. The minimum Gasteiger partial charge on any atom is -0.396 e. The van der Waals surface area contributed by atoms with E-state index in [-0.39, 0.29) is 6.61 Å². The number of aryl methyl sites for hydroxylation is 1. The van der Waals surface area contributed by atoms with E-state index in [1.165, 1.54) is 50.1 Å². The Balaban J connectivity index is 1.88. The Bertz CT molecular complexity index is 394. The van der Waals surface area contributed by atoms with Crippen LogP contribution in [0, 0.1) is 0 Å². The van der Waals surface area contributed by atoms with Gasteiger partial charge in [0.05, 0.1) is 0 Å². The molecule has 0 amide bonds. The second kappa shape index (κ2) is 8.28. The topological polar surface area (TPSA) is 35.5 Å². The van der Waals surface area contributed by atoms with Crippen molar-refractivity contribution in [1.82, 2.24) is 4.90 Å². The predicted octanol–water partition coefficient (Wildman–Crippen LogP) is 2.90. The highest BCUT2D eigenvalue weighted by Gasteiger charge is 2.15. The molecule has 0 aliphatic carbocycles. The van der Waals surface area contributed by atoms with Gasteiger partial charge >= 0.3 is 0 Å². The Morgan fingerprint density at radius 2 is 2.20 bits per heavy atom. The van der Waals surface area contributed by atoms with Crippen LogP contribution in [0.1, 0.15) is 38.2 Å². The smallest absolute Gasteiger partial charge is 0.0434 e. The van der Waals surface area contributed by atoms with E-state index >= 15 is 0 Å². The molecule has 3 nitrogen and oxygen atoms in total. The molecule has 0 bridgehead atoms. The van der Waals surface area contributed by atoms with Crippen molar-refractivity contribution in [3.8, 4) is 0 Å². The third kappa shape index (κ3) is 4.80. The van der Waals surface area contributed by atoms with Gasteiger partial charge in [-0.05, 0) is 62.9 Å². The van der Waals surface area contributed by atoms with Crippen molar-refractivity contribution in [3.05, 3.63) is 29.8 Å². The lowest BCUT2D eigenvalue weighted by Crippen LogP contribution is -2.26. The van der Waals surface area contributed by atoms with Gasteiger partial charge in [0.15, 0.2) is 0 Å². The molecule has 1 aliphatic rings. The molecule has 1 atom stereocenters. The Morgan fingerprint density at radius 3 is 3.00 bits per heavy atom. The van der Waals surface area contributed by atoms with Crippen molar-refractivity contribution in [2.45, 2.75) is 45.1 Å². The second-order valence-electron chi connectivity index (χ2n) is 5.73. The lowest BCUT2D eigenvalue weighted by molar-refractivity contribution is 0.288. The van der Waals surface area contributed by atoms with E-state index in [2.05, 4.69) is 41.4 Å². The molecule has 1 unspecified atom stereocenters. The van der Waals surface area contributed by atoms with Gasteiger partial charge in [-0.25, -0.2) is 0 Å². The zero-order valence-corrected chi connectivity index (χ0v) is 12.6. The molecule has 20 heavy (non-hydrogen) atoms. The zero-order valence-electron chi connectivity index (χ0n) is 12.6. The number of likely N-dealkylation sites (tertiary alicyclic amines) is 1. The average molecular weight is 276 g/mol. The van der Waals surface area contributed by atoms with Crippen LogP contribution in [-0.2, 0) is 6.42 Å². The predicted molar refractivity (Wildman–Crippen MR) is 85.2 cm³/mol. The van der Waals surface area contributed by atoms with Crippen molar-refractivity contribution in [2.75, 3.05) is 31.6 Å². The fraction of sp³-hybridized carbons (Fsp3) is 0.647. The molecule has 1 saturated heterocycles. The van der Waals surface area contributed by atoms with Crippen LogP contribution >= 0.6 is 0 Å². The first-order valence-corrected chi connectivity index (χ1v) is 8.00. The minimum atomic E-state index is 0.271. The van der Waals surface area contributed by atoms with Crippen LogP contribution in [-0.4, -0.2) is 42.3 Å².